The number of hydrogen-bond donors (Lipinski definition) is 2. The van der Waals surface area contributed by atoms with E-state index in [2.05, 4.69) is 34.4 Å². The Labute approximate surface area is 171 Å². The van der Waals surface area contributed by atoms with Crippen molar-refractivity contribution in [2.24, 2.45) is 0 Å². The number of para-hydroxylation sites is 1. The number of amides is 1. The number of ether oxygens (including phenoxy) is 1. The number of carbonyl (C=O) groups is 1. The lowest BCUT2D eigenvalue weighted by molar-refractivity contribution is 0.102. The molecule has 2 aromatic carbocycles. The molecule has 29 heavy (non-hydrogen) atoms. The van der Waals surface area contributed by atoms with E-state index in [1.807, 2.05) is 48.5 Å². The van der Waals surface area contributed by atoms with Gasteiger partial charge in [-0.3, -0.25) is 4.79 Å². The number of rotatable bonds is 8. The minimum atomic E-state index is -0.221. The van der Waals surface area contributed by atoms with Crippen molar-refractivity contribution in [1.29, 1.82) is 0 Å². The van der Waals surface area contributed by atoms with Gasteiger partial charge in [0.25, 0.3) is 5.91 Å². The predicted octanol–water partition coefficient (Wildman–Crippen LogP) is 4.52. The Hall–Kier alpha value is -3.41. The topological polar surface area (TPSA) is 76.1 Å². The van der Waals surface area contributed by atoms with Crippen LogP contribution < -0.4 is 15.4 Å². The van der Waals surface area contributed by atoms with E-state index < -0.39 is 0 Å². The van der Waals surface area contributed by atoms with Gasteiger partial charge in [0.05, 0.1) is 12.7 Å². The van der Waals surface area contributed by atoms with Crippen LogP contribution in [0, 0.1) is 0 Å². The third-order valence-corrected chi connectivity index (χ3v) is 4.58. The maximum atomic E-state index is 12.5. The number of carbonyl (C=O) groups excluding carboxylic acids is 1. The lowest BCUT2D eigenvalue weighted by atomic mass is 10.0. The van der Waals surface area contributed by atoms with E-state index in [4.69, 9.17) is 4.74 Å². The van der Waals surface area contributed by atoms with Crippen molar-refractivity contribution in [2.45, 2.75) is 26.2 Å². The van der Waals surface area contributed by atoms with Crippen LogP contribution in [0.2, 0.25) is 0 Å². The largest absolute Gasteiger partial charge is 0.497 e. The first-order chi connectivity index (χ1) is 14.1. The molecular formula is C23H26N4O2. The van der Waals surface area contributed by atoms with Gasteiger partial charge in [-0.05, 0) is 41.7 Å². The Morgan fingerprint density at radius 3 is 2.55 bits per heavy atom. The highest BCUT2D eigenvalue weighted by Gasteiger charge is 2.11. The summed E-state index contributed by atoms with van der Waals surface area (Å²) in [7, 11) is 1.66. The van der Waals surface area contributed by atoms with Crippen LogP contribution >= 0.6 is 0 Å². The number of nitrogens with one attached hydrogen (secondary N) is 2. The van der Waals surface area contributed by atoms with Crippen molar-refractivity contribution in [3.05, 3.63) is 77.6 Å². The van der Waals surface area contributed by atoms with Gasteiger partial charge >= 0.3 is 0 Å². The third-order valence-electron chi connectivity index (χ3n) is 4.58. The molecule has 0 radical (unpaired) electrons. The molecule has 1 amide bonds. The lowest BCUT2D eigenvalue weighted by Gasteiger charge is -2.13. The molecule has 0 aliphatic rings. The minimum absolute atomic E-state index is 0.221. The Morgan fingerprint density at radius 1 is 1.07 bits per heavy atom. The molecule has 0 unspecified atom stereocenters. The normalized spacial score (nSPS) is 10.6. The number of benzene rings is 2. The van der Waals surface area contributed by atoms with Crippen LogP contribution in [0.3, 0.4) is 0 Å². The van der Waals surface area contributed by atoms with Crippen LogP contribution in [0.1, 0.15) is 41.3 Å². The van der Waals surface area contributed by atoms with E-state index in [0.29, 0.717) is 24.0 Å². The Balaban J connectivity index is 1.56. The molecule has 0 saturated carbocycles. The van der Waals surface area contributed by atoms with E-state index in [-0.39, 0.29) is 5.91 Å². The summed E-state index contributed by atoms with van der Waals surface area (Å²) >= 11 is 0. The van der Waals surface area contributed by atoms with Crippen molar-refractivity contribution in [3.8, 4) is 5.75 Å². The summed E-state index contributed by atoms with van der Waals surface area (Å²) < 4.78 is 5.23. The molecule has 150 valence electrons. The van der Waals surface area contributed by atoms with E-state index in [1.165, 1.54) is 12.4 Å². The zero-order valence-corrected chi connectivity index (χ0v) is 17.0. The second kappa shape index (κ2) is 9.68. The first-order valence-electron chi connectivity index (χ1n) is 9.66. The molecule has 6 nitrogen and oxygen atoms in total. The first-order valence-corrected chi connectivity index (χ1v) is 9.66. The molecular weight excluding hydrogens is 364 g/mol. The summed E-state index contributed by atoms with van der Waals surface area (Å²) in [5.74, 6) is 1.43. The van der Waals surface area contributed by atoms with Gasteiger partial charge in [-0.15, -0.1) is 0 Å². The van der Waals surface area contributed by atoms with Crippen molar-refractivity contribution < 1.29 is 9.53 Å². The van der Waals surface area contributed by atoms with Gasteiger partial charge in [0, 0.05) is 24.6 Å². The molecule has 3 rings (SSSR count). The summed E-state index contributed by atoms with van der Waals surface area (Å²) in [6.07, 6.45) is 3.89. The monoisotopic (exact) mass is 390 g/mol. The molecule has 1 aromatic heterocycles. The van der Waals surface area contributed by atoms with Gasteiger partial charge in [0.1, 0.15) is 5.75 Å². The molecule has 0 fully saturated rings. The Morgan fingerprint density at radius 2 is 1.83 bits per heavy atom. The second-order valence-corrected chi connectivity index (χ2v) is 7.02. The predicted molar refractivity (Wildman–Crippen MR) is 116 cm³/mol. The number of nitrogens with zero attached hydrogens (tertiary/aromatic N) is 2. The number of methoxy groups -OCH3 is 1. The van der Waals surface area contributed by atoms with Crippen LogP contribution in [-0.4, -0.2) is 29.5 Å². The number of anilines is 2. The van der Waals surface area contributed by atoms with Crippen molar-refractivity contribution in [2.75, 3.05) is 24.3 Å². The summed E-state index contributed by atoms with van der Waals surface area (Å²) in [4.78, 5) is 21.0. The van der Waals surface area contributed by atoms with Gasteiger partial charge in [-0.2, -0.15) is 0 Å². The van der Waals surface area contributed by atoms with Gasteiger partial charge in [0.15, 0.2) is 0 Å². The van der Waals surface area contributed by atoms with Crippen molar-refractivity contribution in [3.63, 3.8) is 0 Å². The van der Waals surface area contributed by atoms with E-state index in [9.17, 15) is 4.79 Å². The van der Waals surface area contributed by atoms with Crippen LogP contribution in [0.15, 0.2) is 60.9 Å². The van der Waals surface area contributed by atoms with Crippen LogP contribution in [-0.2, 0) is 6.42 Å². The number of aromatic nitrogens is 2. The molecule has 3 aromatic rings. The van der Waals surface area contributed by atoms with Crippen molar-refractivity contribution in [1.82, 2.24) is 9.97 Å². The second-order valence-electron chi connectivity index (χ2n) is 7.02. The fourth-order valence-corrected chi connectivity index (χ4v) is 2.99. The summed E-state index contributed by atoms with van der Waals surface area (Å²) in [5.41, 5.74) is 3.49. The average Bonchev–Trinajstić information content (AvgIpc) is 2.74. The van der Waals surface area contributed by atoms with Gasteiger partial charge in [0.2, 0.25) is 5.95 Å². The highest BCUT2D eigenvalue weighted by Crippen LogP contribution is 2.24. The summed E-state index contributed by atoms with van der Waals surface area (Å²) in [6.45, 7) is 4.88. The van der Waals surface area contributed by atoms with Gasteiger partial charge in [-0.25, -0.2) is 9.97 Å². The lowest BCUT2D eigenvalue weighted by Crippen LogP contribution is -2.15. The van der Waals surface area contributed by atoms with Gasteiger partial charge in [-0.1, -0.05) is 44.2 Å². The highest BCUT2D eigenvalue weighted by molar-refractivity contribution is 6.04. The van der Waals surface area contributed by atoms with Crippen molar-refractivity contribution >= 4 is 17.5 Å². The molecule has 0 aliphatic heterocycles. The quantitative estimate of drug-likeness (QED) is 0.592. The molecule has 0 saturated heterocycles. The van der Waals surface area contributed by atoms with Crippen LogP contribution in [0.4, 0.5) is 11.6 Å². The van der Waals surface area contributed by atoms with E-state index in [1.54, 1.807) is 7.11 Å². The zero-order valence-electron chi connectivity index (χ0n) is 17.0. The fourth-order valence-electron chi connectivity index (χ4n) is 2.99. The Kier molecular flexibility index (Phi) is 6.79. The van der Waals surface area contributed by atoms with E-state index >= 15 is 0 Å². The molecule has 2 N–H and O–H groups in total. The molecule has 0 bridgehead atoms. The van der Waals surface area contributed by atoms with Crippen LogP contribution in [0.25, 0.3) is 0 Å². The molecule has 0 spiro atoms. The first kappa shape index (κ1) is 20.3. The Bertz CT molecular complexity index is 955. The van der Waals surface area contributed by atoms with E-state index in [0.717, 1.165) is 29.0 Å². The summed E-state index contributed by atoms with van der Waals surface area (Å²) in [6, 6.07) is 15.7. The maximum Gasteiger partial charge on any atom is 0.258 e. The highest BCUT2D eigenvalue weighted by atomic mass is 16.5. The molecule has 0 atom stereocenters. The molecule has 0 aliphatic carbocycles. The zero-order chi connectivity index (χ0) is 20.6. The summed E-state index contributed by atoms with van der Waals surface area (Å²) in [5, 5.41) is 6.13. The molecule has 1 heterocycles. The standard InChI is InChI=1S/C23H26N4O2/c1-16(2)20-9-4-5-10-21(20)27-22(28)18-14-25-23(26-15-18)24-12-11-17-7-6-8-19(13-17)29-3/h4-10,13-16H,11-12H2,1-3H3,(H,27,28)(H,24,25,26). The van der Waals surface area contributed by atoms with Crippen LogP contribution in [0.5, 0.6) is 5.75 Å². The average molecular weight is 390 g/mol. The minimum Gasteiger partial charge on any atom is -0.497 e. The fraction of sp³-hybridized carbons (Fsp3) is 0.261. The number of hydrogen-bond acceptors (Lipinski definition) is 5. The van der Waals surface area contributed by atoms with Gasteiger partial charge < -0.3 is 15.4 Å². The third kappa shape index (κ3) is 5.54. The maximum absolute atomic E-state index is 12.5. The molecule has 6 heteroatoms. The SMILES string of the molecule is COc1cccc(CCNc2ncc(C(=O)Nc3ccccc3C(C)C)cn2)c1. The smallest absolute Gasteiger partial charge is 0.258 e.